The van der Waals surface area contributed by atoms with Crippen molar-refractivity contribution in [3.63, 3.8) is 0 Å². The van der Waals surface area contributed by atoms with Crippen LogP contribution in [-0.4, -0.2) is 32.2 Å². The van der Waals surface area contributed by atoms with Crippen molar-refractivity contribution in [2.75, 3.05) is 6.54 Å². The van der Waals surface area contributed by atoms with E-state index in [0.717, 1.165) is 24.1 Å². The first-order valence-electron chi connectivity index (χ1n) is 7.27. The summed E-state index contributed by atoms with van der Waals surface area (Å²) < 4.78 is 15.7. The molecule has 1 aromatic carbocycles. The lowest BCUT2D eigenvalue weighted by Crippen LogP contribution is -2.31. The number of phenols is 1. The summed E-state index contributed by atoms with van der Waals surface area (Å²) in [7, 11) is 1.85. The fourth-order valence-electron chi connectivity index (χ4n) is 3.04. The Morgan fingerprint density at radius 2 is 2.23 bits per heavy atom. The molecule has 1 amide bonds. The third kappa shape index (κ3) is 2.24. The van der Waals surface area contributed by atoms with E-state index in [2.05, 4.69) is 5.10 Å². The molecule has 116 valence electrons. The molecule has 0 radical (unpaired) electrons. The van der Waals surface area contributed by atoms with Gasteiger partial charge in [0.2, 0.25) is 0 Å². The first-order valence-corrected chi connectivity index (χ1v) is 7.27. The van der Waals surface area contributed by atoms with Crippen molar-refractivity contribution in [1.82, 2.24) is 14.7 Å². The van der Waals surface area contributed by atoms with Crippen LogP contribution in [0.15, 0.2) is 24.4 Å². The highest BCUT2D eigenvalue weighted by atomic mass is 19.1. The van der Waals surface area contributed by atoms with Gasteiger partial charge in [-0.05, 0) is 31.9 Å². The maximum atomic E-state index is 13.9. The SMILES string of the molecule is Cc1c([C@@H]2CCCN2C(=O)c2c(O)cccc2F)cnn1C. The number of amides is 1. The fourth-order valence-corrected chi connectivity index (χ4v) is 3.04. The second kappa shape index (κ2) is 5.44. The predicted molar refractivity (Wildman–Crippen MR) is 79.0 cm³/mol. The zero-order valence-corrected chi connectivity index (χ0v) is 12.6. The van der Waals surface area contributed by atoms with Crippen LogP contribution in [0.3, 0.4) is 0 Å². The smallest absolute Gasteiger partial charge is 0.261 e. The molecule has 1 atom stereocenters. The van der Waals surface area contributed by atoms with Crippen LogP contribution in [0.1, 0.15) is 40.5 Å². The Morgan fingerprint density at radius 1 is 1.45 bits per heavy atom. The van der Waals surface area contributed by atoms with Gasteiger partial charge < -0.3 is 10.0 Å². The van der Waals surface area contributed by atoms with E-state index in [1.54, 1.807) is 15.8 Å². The van der Waals surface area contributed by atoms with Gasteiger partial charge in [0.1, 0.15) is 17.1 Å². The van der Waals surface area contributed by atoms with Crippen LogP contribution in [0.5, 0.6) is 5.75 Å². The van der Waals surface area contributed by atoms with Gasteiger partial charge >= 0.3 is 0 Å². The Kier molecular flexibility index (Phi) is 3.60. The van der Waals surface area contributed by atoms with Crippen molar-refractivity contribution in [3.8, 4) is 5.75 Å². The van der Waals surface area contributed by atoms with Gasteiger partial charge in [0, 0.05) is 24.8 Å². The lowest BCUT2D eigenvalue weighted by atomic mass is 10.0. The van der Waals surface area contributed by atoms with E-state index in [1.807, 2.05) is 14.0 Å². The van der Waals surface area contributed by atoms with Gasteiger partial charge in [0.05, 0.1) is 12.2 Å². The van der Waals surface area contributed by atoms with Gasteiger partial charge in [0.15, 0.2) is 0 Å². The minimum absolute atomic E-state index is 0.125. The van der Waals surface area contributed by atoms with Crippen LogP contribution in [-0.2, 0) is 7.05 Å². The average molecular weight is 303 g/mol. The van der Waals surface area contributed by atoms with E-state index in [9.17, 15) is 14.3 Å². The van der Waals surface area contributed by atoms with Gasteiger partial charge in [-0.25, -0.2) is 4.39 Å². The summed E-state index contributed by atoms with van der Waals surface area (Å²) in [5.41, 5.74) is 1.71. The molecule has 0 spiro atoms. The molecular weight excluding hydrogens is 285 g/mol. The van der Waals surface area contributed by atoms with Gasteiger partial charge in [0.25, 0.3) is 5.91 Å². The first kappa shape index (κ1) is 14.6. The van der Waals surface area contributed by atoms with E-state index in [0.29, 0.717) is 6.54 Å². The number of aromatic hydroxyl groups is 1. The normalized spacial score (nSPS) is 18.0. The molecule has 22 heavy (non-hydrogen) atoms. The number of aryl methyl sites for hydroxylation is 1. The molecule has 1 fully saturated rings. The van der Waals surface area contributed by atoms with Crippen LogP contribution >= 0.6 is 0 Å². The summed E-state index contributed by atoms with van der Waals surface area (Å²) in [6, 6.07) is 3.78. The summed E-state index contributed by atoms with van der Waals surface area (Å²) in [5.74, 6) is -1.49. The summed E-state index contributed by atoms with van der Waals surface area (Å²) in [6.07, 6.45) is 3.42. The van der Waals surface area contributed by atoms with Crippen LogP contribution in [0.2, 0.25) is 0 Å². The number of rotatable bonds is 2. The molecule has 1 aliphatic heterocycles. The number of hydrogen-bond donors (Lipinski definition) is 1. The molecule has 1 saturated heterocycles. The number of carbonyl (C=O) groups excluding carboxylic acids is 1. The van der Waals surface area contributed by atoms with Crippen molar-refractivity contribution >= 4 is 5.91 Å². The standard InChI is InChI=1S/C16H18FN3O2/c1-10-11(9-18-19(10)2)13-6-4-8-20(13)16(22)15-12(17)5-3-7-14(15)21/h3,5,7,9,13,21H,4,6,8H2,1-2H3/t13-/m0/s1. The number of aromatic nitrogens is 2. The molecule has 1 aliphatic rings. The molecule has 3 rings (SSSR count). The zero-order valence-electron chi connectivity index (χ0n) is 12.6. The molecule has 5 nitrogen and oxygen atoms in total. The van der Waals surface area contributed by atoms with Crippen LogP contribution in [0.25, 0.3) is 0 Å². The van der Waals surface area contributed by atoms with Gasteiger partial charge in [-0.2, -0.15) is 5.10 Å². The van der Waals surface area contributed by atoms with E-state index in [-0.39, 0.29) is 17.4 Å². The number of likely N-dealkylation sites (tertiary alicyclic amines) is 1. The lowest BCUT2D eigenvalue weighted by molar-refractivity contribution is 0.0727. The quantitative estimate of drug-likeness (QED) is 0.927. The minimum atomic E-state index is -0.696. The minimum Gasteiger partial charge on any atom is -0.507 e. The van der Waals surface area contributed by atoms with Crippen LogP contribution < -0.4 is 0 Å². The van der Waals surface area contributed by atoms with Gasteiger partial charge in [-0.3, -0.25) is 9.48 Å². The predicted octanol–water partition coefficient (Wildman–Crippen LogP) is 2.55. The second-order valence-electron chi connectivity index (χ2n) is 5.60. The highest BCUT2D eigenvalue weighted by Crippen LogP contribution is 2.36. The van der Waals surface area contributed by atoms with Crippen molar-refractivity contribution in [2.24, 2.45) is 7.05 Å². The highest BCUT2D eigenvalue weighted by Gasteiger charge is 2.34. The number of phenolic OH excluding ortho intramolecular Hbond substituents is 1. The summed E-state index contributed by atoms with van der Waals surface area (Å²) in [5, 5.41) is 14.1. The maximum absolute atomic E-state index is 13.9. The molecule has 0 unspecified atom stereocenters. The van der Waals surface area contributed by atoms with Crippen molar-refractivity contribution < 1.29 is 14.3 Å². The molecule has 6 heteroatoms. The Labute approximate surface area is 128 Å². The first-order chi connectivity index (χ1) is 10.5. The number of halogens is 1. The highest BCUT2D eigenvalue weighted by molar-refractivity contribution is 5.97. The van der Waals surface area contributed by atoms with E-state index < -0.39 is 11.7 Å². The van der Waals surface area contributed by atoms with Crippen molar-refractivity contribution in [2.45, 2.75) is 25.8 Å². The number of carbonyl (C=O) groups is 1. The summed E-state index contributed by atoms with van der Waals surface area (Å²) >= 11 is 0. The maximum Gasteiger partial charge on any atom is 0.261 e. The Bertz CT molecular complexity index is 706. The monoisotopic (exact) mass is 303 g/mol. The molecule has 2 heterocycles. The zero-order chi connectivity index (χ0) is 15.9. The Balaban J connectivity index is 1.97. The Morgan fingerprint density at radius 3 is 2.86 bits per heavy atom. The van der Waals surface area contributed by atoms with Crippen molar-refractivity contribution in [1.29, 1.82) is 0 Å². The molecule has 1 N–H and O–H groups in total. The van der Waals surface area contributed by atoms with Crippen LogP contribution in [0.4, 0.5) is 4.39 Å². The molecule has 0 aliphatic carbocycles. The van der Waals surface area contributed by atoms with E-state index >= 15 is 0 Å². The molecule has 1 aromatic heterocycles. The topological polar surface area (TPSA) is 58.4 Å². The van der Waals surface area contributed by atoms with Crippen molar-refractivity contribution in [3.05, 3.63) is 47.0 Å². The molecule has 2 aromatic rings. The van der Waals surface area contributed by atoms with E-state index in [1.165, 1.54) is 18.2 Å². The number of benzene rings is 1. The number of nitrogens with zero attached hydrogens (tertiary/aromatic N) is 3. The largest absolute Gasteiger partial charge is 0.507 e. The van der Waals surface area contributed by atoms with Gasteiger partial charge in [-0.15, -0.1) is 0 Å². The average Bonchev–Trinajstić information content (AvgIpc) is 3.07. The third-order valence-corrected chi connectivity index (χ3v) is 4.35. The molecule has 0 saturated carbocycles. The summed E-state index contributed by atoms with van der Waals surface area (Å²) in [6.45, 7) is 2.50. The third-order valence-electron chi connectivity index (χ3n) is 4.35. The Hall–Kier alpha value is -2.37. The van der Waals surface area contributed by atoms with E-state index in [4.69, 9.17) is 0 Å². The van der Waals surface area contributed by atoms with Crippen LogP contribution in [0, 0.1) is 12.7 Å². The summed E-state index contributed by atoms with van der Waals surface area (Å²) in [4.78, 5) is 14.3. The van der Waals surface area contributed by atoms with Gasteiger partial charge in [-0.1, -0.05) is 6.07 Å². The molecule has 0 bridgehead atoms. The fraction of sp³-hybridized carbons (Fsp3) is 0.375. The lowest BCUT2D eigenvalue weighted by Gasteiger charge is -2.25. The molecular formula is C16H18FN3O2. The second-order valence-corrected chi connectivity index (χ2v) is 5.60. The number of hydrogen-bond acceptors (Lipinski definition) is 3.